The first kappa shape index (κ1) is 24.5. The molecule has 2 fully saturated rings. The molecule has 0 atom stereocenters. The minimum Gasteiger partial charge on any atom is -0.368 e. The van der Waals surface area contributed by atoms with E-state index in [-0.39, 0.29) is 11.7 Å². The Balaban J connectivity index is 1.34. The van der Waals surface area contributed by atoms with Crippen molar-refractivity contribution >= 4 is 21.6 Å². The number of carbonyl (C=O) groups is 1. The molecule has 0 bridgehead atoms. The quantitative estimate of drug-likeness (QED) is 0.630. The van der Waals surface area contributed by atoms with E-state index in [9.17, 15) is 26.4 Å². The number of alkyl halides is 3. The Morgan fingerprint density at radius 3 is 2.12 bits per heavy atom. The Kier molecular flexibility index (Phi) is 7.18. The van der Waals surface area contributed by atoms with E-state index in [0.29, 0.717) is 56.1 Å². The van der Waals surface area contributed by atoms with Gasteiger partial charge in [-0.2, -0.15) is 13.2 Å². The molecule has 0 unspecified atom stereocenters. The van der Waals surface area contributed by atoms with Crippen LogP contribution in [0, 0.1) is 0 Å². The number of benzene rings is 2. The van der Waals surface area contributed by atoms with Crippen molar-refractivity contribution in [2.75, 3.05) is 44.2 Å². The Hall–Kier alpha value is -2.59. The lowest BCUT2D eigenvalue weighted by Gasteiger charge is -2.36. The van der Waals surface area contributed by atoms with Gasteiger partial charge in [0.25, 0.3) is 5.91 Å². The van der Waals surface area contributed by atoms with E-state index in [0.717, 1.165) is 31.4 Å². The maximum atomic E-state index is 13.0. The van der Waals surface area contributed by atoms with Crippen LogP contribution in [-0.2, 0) is 22.0 Å². The molecule has 2 aromatic rings. The van der Waals surface area contributed by atoms with E-state index in [2.05, 4.69) is 0 Å². The number of carbonyl (C=O) groups excluding carboxylic acids is 1. The summed E-state index contributed by atoms with van der Waals surface area (Å²) < 4.78 is 65.8. The maximum Gasteiger partial charge on any atom is 0.416 e. The second-order valence-corrected chi connectivity index (χ2v) is 10.7. The number of piperazine rings is 1. The van der Waals surface area contributed by atoms with Gasteiger partial charge in [-0.25, -0.2) is 12.7 Å². The third-order valence-electron chi connectivity index (χ3n) is 6.36. The SMILES string of the molecule is O=C(c1ccc(CS(=O)(=O)N2CCCCC2)cc1)N1CCN(c2cccc(C(F)(F)F)c2)CC1. The molecular weight excluding hydrogens is 467 g/mol. The monoisotopic (exact) mass is 495 g/mol. The normalized spacial score (nSPS) is 18.2. The van der Waals surface area contributed by atoms with Crippen LogP contribution in [0.5, 0.6) is 0 Å². The Morgan fingerprint density at radius 1 is 0.853 bits per heavy atom. The summed E-state index contributed by atoms with van der Waals surface area (Å²) in [4.78, 5) is 16.4. The molecule has 0 aromatic heterocycles. The molecule has 2 heterocycles. The molecule has 1 amide bonds. The van der Waals surface area contributed by atoms with Crippen molar-refractivity contribution in [1.29, 1.82) is 0 Å². The average Bonchev–Trinajstić information content (AvgIpc) is 2.84. The van der Waals surface area contributed by atoms with Crippen LogP contribution in [0.25, 0.3) is 0 Å². The van der Waals surface area contributed by atoms with E-state index in [1.54, 1.807) is 39.5 Å². The fourth-order valence-corrected chi connectivity index (χ4v) is 6.03. The van der Waals surface area contributed by atoms with Gasteiger partial charge < -0.3 is 9.80 Å². The lowest BCUT2D eigenvalue weighted by Crippen LogP contribution is -2.48. The number of halogens is 3. The third-order valence-corrected chi connectivity index (χ3v) is 8.21. The molecule has 0 aliphatic carbocycles. The van der Waals surface area contributed by atoms with Gasteiger partial charge in [0.15, 0.2) is 0 Å². The Bertz CT molecular complexity index is 1110. The smallest absolute Gasteiger partial charge is 0.368 e. The van der Waals surface area contributed by atoms with Gasteiger partial charge in [0, 0.05) is 50.5 Å². The van der Waals surface area contributed by atoms with Crippen LogP contribution in [0.3, 0.4) is 0 Å². The highest BCUT2D eigenvalue weighted by Crippen LogP contribution is 2.32. The van der Waals surface area contributed by atoms with Gasteiger partial charge in [-0.3, -0.25) is 4.79 Å². The minimum atomic E-state index is -4.40. The number of hydrogen-bond acceptors (Lipinski definition) is 4. The van der Waals surface area contributed by atoms with E-state index in [1.807, 2.05) is 4.90 Å². The van der Waals surface area contributed by atoms with Gasteiger partial charge in [-0.1, -0.05) is 24.6 Å². The van der Waals surface area contributed by atoms with Gasteiger partial charge in [0.05, 0.1) is 11.3 Å². The number of anilines is 1. The molecule has 2 aliphatic rings. The second-order valence-electron chi connectivity index (χ2n) is 8.74. The van der Waals surface area contributed by atoms with Crippen LogP contribution in [0.1, 0.15) is 40.7 Å². The Morgan fingerprint density at radius 2 is 1.50 bits per heavy atom. The number of piperidine rings is 1. The Labute approximate surface area is 198 Å². The summed E-state index contributed by atoms with van der Waals surface area (Å²) in [5, 5.41) is 0. The summed E-state index contributed by atoms with van der Waals surface area (Å²) in [6.07, 6.45) is -1.58. The molecule has 184 valence electrons. The molecule has 34 heavy (non-hydrogen) atoms. The van der Waals surface area contributed by atoms with Crippen molar-refractivity contribution in [3.63, 3.8) is 0 Å². The predicted octanol–water partition coefficient (Wildman–Crippen LogP) is 3.98. The summed E-state index contributed by atoms with van der Waals surface area (Å²) in [6, 6.07) is 11.8. The second kappa shape index (κ2) is 9.95. The topological polar surface area (TPSA) is 60.9 Å². The van der Waals surface area contributed by atoms with Crippen molar-refractivity contribution in [3.05, 3.63) is 65.2 Å². The van der Waals surface area contributed by atoms with Crippen LogP contribution in [0.4, 0.5) is 18.9 Å². The largest absolute Gasteiger partial charge is 0.416 e. The summed E-state index contributed by atoms with van der Waals surface area (Å²) in [5.41, 5.74) is 0.898. The molecule has 2 aliphatic heterocycles. The summed E-state index contributed by atoms with van der Waals surface area (Å²) >= 11 is 0. The number of rotatable bonds is 5. The minimum absolute atomic E-state index is 0.0862. The number of amides is 1. The van der Waals surface area contributed by atoms with Gasteiger partial charge in [0.2, 0.25) is 10.0 Å². The zero-order valence-electron chi connectivity index (χ0n) is 18.8. The van der Waals surface area contributed by atoms with Crippen LogP contribution >= 0.6 is 0 Å². The summed E-state index contributed by atoms with van der Waals surface area (Å²) in [5.74, 6) is -0.258. The highest BCUT2D eigenvalue weighted by atomic mass is 32.2. The van der Waals surface area contributed by atoms with E-state index < -0.39 is 21.8 Å². The number of nitrogens with zero attached hydrogens (tertiary/aromatic N) is 3. The van der Waals surface area contributed by atoms with Crippen molar-refractivity contribution in [2.45, 2.75) is 31.2 Å². The van der Waals surface area contributed by atoms with E-state index in [4.69, 9.17) is 0 Å². The molecule has 10 heteroatoms. The molecule has 0 radical (unpaired) electrons. The van der Waals surface area contributed by atoms with Gasteiger partial charge in [-0.15, -0.1) is 0 Å². The van der Waals surface area contributed by atoms with Crippen LogP contribution in [-0.4, -0.2) is 62.8 Å². The molecule has 2 aromatic carbocycles. The highest BCUT2D eigenvalue weighted by molar-refractivity contribution is 7.88. The third kappa shape index (κ3) is 5.72. The van der Waals surface area contributed by atoms with E-state index in [1.165, 1.54) is 6.07 Å². The first-order valence-corrected chi connectivity index (χ1v) is 13.0. The molecule has 0 N–H and O–H groups in total. The van der Waals surface area contributed by atoms with Crippen molar-refractivity contribution in [1.82, 2.24) is 9.21 Å². The zero-order chi connectivity index (χ0) is 24.3. The van der Waals surface area contributed by atoms with Gasteiger partial charge in [0.1, 0.15) is 0 Å². The summed E-state index contributed by atoms with van der Waals surface area (Å²) in [7, 11) is -3.37. The van der Waals surface area contributed by atoms with Crippen LogP contribution in [0.15, 0.2) is 48.5 Å². The lowest BCUT2D eigenvalue weighted by atomic mass is 10.1. The fourth-order valence-electron chi connectivity index (χ4n) is 4.42. The first-order chi connectivity index (χ1) is 16.1. The van der Waals surface area contributed by atoms with Gasteiger partial charge in [-0.05, 0) is 48.7 Å². The zero-order valence-corrected chi connectivity index (χ0v) is 19.6. The maximum absolute atomic E-state index is 13.0. The van der Waals surface area contributed by atoms with Crippen molar-refractivity contribution < 1.29 is 26.4 Å². The molecule has 2 saturated heterocycles. The number of sulfonamides is 1. The first-order valence-electron chi connectivity index (χ1n) is 11.4. The molecule has 4 rings (SSSR count). The van der Waals surface area contributed by atoms with Crippen LogP contribution in [0.2, 0.25) is 0 Å². The predicted molar refractivity (Wildman–Crippen MR) is 124 cm³/mol. The highest BCUT2D eigenvalue weighted by Gasteiger charge is 2.31. The van der Waals surface area contributed by atoms with Gasteiger partial charge >= 0.3 is 6.18 Å². The fraction of sp³-hybridized carbons (Fsp3) is 0.458. The molecular formula is C24H28F3N3O3S. The van der Waals surface area contributed by atoms with E-state index >= 15 is 0 Å². The van der Waals surface area contributed by atoms with Crippen molar-refractivity contribution in [3.8, 4) is 0 Å². The number of hydrogen-bond donors (Lipinski definition) is 0. The van der Waals surface area contributed by atoms with Crippen LogP contribution < -0.4 is 4.90 Å². The molecule has 6 nitrogen and oxygen atoms in total. The lowest BCUT2D eigenvalue weighted by molar-refractivity contribution is -0.137. The van der Waals surface area contributed by atoms with Crippen molar-refractivity contribution in [2.24, 2.45) is 0 Å². The molecule has 0 spiro atoms. The average molecular weight is 496 g/mol. The standard InChI is InChI=1S/C24H28F3N3O3S/c25-24(26,27)21-5-4-6-22(17-21)28-13-15-29(16-14-28)23(31)20-9-7-19(8-10-20)18-34(32,33)30-11-2-1-3-12-30/h4-10,17H,1-3,11-16,18H2. The molecule has 0 saturated carbocycles. The summed E-state index contributed by atoms with van der Waals surface area (Å²) in [6.45, 7) is 2.76.